The van der Waals surface area contributed by atoms with Gasteiger partial charge in [-0.15, -0.1) is 0 Å². The van der Waals surface area contributed by atoms with Crippen molar-refractivity contribution in [2.24, 2.45) is 11.3 Å². The molecule has 1 unspecified atom stereocenters. The molecule has 1 aromatic heterocycles. The average Bonchev–Trinajstić information content (AvgIpc) is 2.27. The summed E-state index contributed by atoms with van der Waals surface area (Å²) in [4.78, 5) is 19.7. The van der Waals surface area contributed by atoms with Crippen molar-refractivity contribution in [3.8, 4) is 0 Å². The number of nitrogens with two attached hydrogens (primary N) is 1. The van der Waals surface area contributed by atoms with Gasteiger partial charge in [-0.2, -0.15) is 0 Å². The van der Waals surface area contributed by atoms with E-state index in [1.165, 1.54) is 12.4 Å². The molecule has 0 bridgehead atoms. The molecule has 0 aliphatic heterocycles. The van der Waals surface area contributed by atoms with Gasteiger partial charge in [-0.1, -0.05) is 20.8 Å². The lowest BCUT2D eigenvalue weighted by Crippen LogP contribution is -2.41. The first-order chi connectivity index (χ1) is 7.84. The molecule has 1 heterocycles. The van der Waals surface area contributed by atoms with Gasteiger partial charge >= 0.3 is 0 Å². The number of hydrazine groups is 1. The normalized spacial score (nSPS) is 13.0. The van der Waals surface area contributed by atoms with Gasteiger partial charge in [0.05, 0.1) is 12.4 Å². The van der Waals surface area contributed by atoms with Crippen LogP contribution in [-0.4, -0.2) is 21.9 Å². The van der Waals surface area contributed by atoms with Crippen LogP contribution in [0, 0.1) is 5.41 Å². The molecule has 6 nitrogen and oxygen atoms in total. The lowest BCUT2D eigenvalue weighted by Gasteiger charge is -2.27. The predicted molar refractivity (Wildman–Crippen MR) is 66.2 cm³/mol. The maximum Gasteiger partial charge on any atom is 0.271 e. The number of hydrogen-bond donors (Lipinski definition) is 3. The van der Waals surface area contributed by atoms with Crippen LogP contribution in [0.5, 0.6) is 0 Å². The van der Waals surface area contributed by atoms with Crippen LogP contribution in [0.2, 0.25) is 0 Å². The van der Waals surface area contributed by atoms with Crippen LogP contribution in [0.15, 0.2) is 12.4 Å². The molecule has 1 rings (SSSR count). The second-order valence-corrected chi connectivity index (χ2v) is 4.99. The summed E-state index contributed by atoms with van der Waals surface area (Å²) in [5.41, 5.74) is 2.63. The largest absolute Gasteiger partial charge is 0.348 e. The second-order valence-electron chi connectivity index (χ2n) is 4.99. The van der Waals surface area contributed by atoms with E-state index in [0.717, 1.165) is 0 Å². The Labute approximate surface area is 101 Å². The maximum atomic E-state index is 11.8. The summed E-state index contributed by atoms with van der Waals surface area (Å²) in [6.07, 6.45) is 2.80. The third-order valence-corrected chi connectivity index (χ3v) is 2.68. The summed E-state index contributed by atoms with van der Waals surface area (Å²) in [6.45, 7) is 8.14. The van der Waals surface area contributed by atoms with Crippen LogP contribution >= 0.6 is 0 Å². The third-order valence-electron chi connectivity index (χ3n) is 2.68. The molecule has 0 saturated heterocycles. The Hall–Kier alpha value is -1.69. The number of carbonyl (C=O) groups is 1. The van der Waals surface area contributed by atoms with Gasteiger partial charge in [-0.05, 0) is 12.3 Å². The molecule has 0 aromatic carbocycles. The maximum absolute atomic E-state index is 11.8. The number of rotatable bonds is 3. The van der Waals surface area contributed by atoms with Crippen molar-refractivity contribution in [2.75, 3.05) is 5.43 Å². The molecule has 17 heavy (non-hydrogen) atoms. The summed E-state index contributed by atoms with van der Waals surface area (Å²) in [6, 6.07) is 0.0455. The summed E-state index contributed by atoms with van der Waals surface area (Å²) >= 11 is 0. The van der Waals surface area contributed by atoms with Gasteiger partial charge in [0, 0.05) is 6.04 Å². The highest BCUT2D eigenvalue weighted by molar-refractivity contribution is 5.92. The van der Waals surface area contributed by atoms with Gasteiger partial charge in [0.1, 0.15) is 5.69 Å². The van der Waals surface area contributed by atoms with Crippen LogP contribution in [0.4, 0.5) is 5.82 Å². The molecule has 1 amide bonds. The van der Waals surface area contributed by atoms with E-state index in [-0.39, 0.29) is 23.1 Å². The average molecular weight is 237 g/mol. The lowest BCUT2D eigenvalue weighted by molar-refractivity contribution is 0.0904. The zero-order valence-corrected chi connectivity index (χ0v) is 10.6. The summed E-state index contributed by atoms with van der Waals surface area (Å²) in [7, 11) is 0. The van der Waals surface area contributed by atoms with Crippen LogP contribution < -0.4 is 16.6 Å². The van der Waals surface area contributed by atoms with E-state index in [2.05, 4.69) is 41.5 Å². The van der Waals surface area contributed by atoms with E-state index in [4.69, 9.17) is 5.84 Å². The van der Waals surface area contributed by atoms with Gasteiger partial charge in [0.25, 0.3) is 5.91 Å². The fourth-order valence-corrected chi connectivity index (χ4v) is 1.01. The van der Waals surface area contributed by atoms with Crippen LogP contribution in [0.1, 0.15) is 38.2 Å². The molecule has 0 aliphatic rings. The Kier molecular flexibility index (Phi) is 4.01. The zero-order valence-electron chi connectivity index (χ0n) is 10.6. The van der Waals surface area contributed by atoms with Crippen LogP contribution in [0.3, 0.4) is 0 Å². The highest BCUT2D eigenvalue weighted by Crippen LogP contribution is 2.18. The molecule has 1 aromatic rings. The molecular weight excluding hydrogens is 218 g/mol. The van der Waals surface area contributed by atoms with Crippen molar-refractivity contribution in [1.29, 1.82) is 0 Å². The molecular formula is C11H19N5O. The van der Waals surface area contributed by atoms with Crippen molar-refractivity contribution < 1.29 is 4.79 Å². The number of carbonyl (C=O) groups excluding carboxylic acids is 1. The fraction of sp³-hybridized carbons (Fsp3) is 0.545. The lowest BCUT2D eigenvalue weighted by atomic mass is 9.88. The van der Waals surface area contributed by atoms with E-state index in [1.807, 2.05) is 6.92 Å². The van der Waals surface area contributed by atoms with Gasteiger partial charge in [0.15, 0.2) is 5.82 Å². The first-order valence-corrected chi connectivity index (χ1v) is 5.44. The topological polar surface area (TPSA) is 92.9 Å². The van der Waals surface area contributed by atoms with Crippen molar-refractivity contribution in [3.63, 3.8) is 0 Å². The smallest absolute Gasteiger partial charge is 0.271 e. The molecule has 0 spiro atoms. The monoisotopic (exact) mass is 237 g/mol. The fourth-order valence-electron chi connectivity index (χ4n) is 1.01. The van der Waals surface area contributed by atoms with E-state index in [9.17, 15) is 4.79 Å². The van der Waals surface area contributed by atoms with Crippen molar-refractivity contribution in [1.82, 2.24) is 15.3 Å². The number of hydrogen-bond acceptors (Lipinski definition) is 5. The van der Waals surface area contributed by atoms with E-state index in [1.54, 1.807) is 0 Å². The number of nitrogen functional groups attached to an aromatic ring is 1. The van der Waals surface area contributed by atoms with Crippen LogP contribution in [-0.2, 0) is 0 Å². The molecule has 0 fully saturated rings. The van der Waals surface area contributed by atoms with Gasteiger partial charge in [-0.3, -0.25) is 4.79 Å². The Morgan fingerprint density at radius 3 is 2.41 bits per heavy atom. The minimum Gasteiger partial charge on any atom is -0.348 e. The van der Waals surface area contributed by atoms with E-state index >= 15 is 0 Å². The number of aromatic nitrogens is 2. The predicted octanol–water partition coefficient (Wildman–Crippen LogP) is 0.927. The molecule has 4 N–H and O–H groups in total. The highest BCUT2D eigenvalue weighted by Gasteiger charge is 2.22. The summed E-state index contributed by atoms with van der Waals surface area (Å²) in [5.74, 6) is 5.35. The van der Waals surface area contributed by atoms with Crippen molar-refractivity contribution >= 4 is 11.7 Å². The quantitative estimate of drug-likeness (QED) is 0.537. The molecule has 0 saturated carbocycles. The number of amides is 1. The zero-order chi connectivity index (χ0) is 13.1. The van der Waals surface area contributed by atoms with Crippen molar-refractivity contribution in [3.05, 3.63) is 18.1 Å². The molecule has 0 aliphatic carbocycles. The van der Waals surface area contributed by atoms with E-state index < -0.39 is 0 Å². The molecule has 1 atom stereocenters. The van der Waals surface area contributed by atoms with E-state index in [0.29, 0.717) is 5.82 Å². The molecule has 94 valence electrons. The number of anilines is 1. The molecule has 0 radical (unpaired) electrons. The Morgan fingerprint density at radius 1 is 1.35 bits per heavy atom. The minimum absolute atomic E-state index is 0.00183. The summed E-state index contributed by atoms with van der Waals surface area (Å²) < 4.78 is 0. The summed E-state index contributed by atoms with van der Waals surface area (Å²) in [5, 5.41) is 2.88. The highest BCUT2D eigenvalue weighted by atomic mass is 16.1. The van der Waals surface area contributed by atoms with Gasteiger partial charge < -0.3 is 10.7 Å². The number of nitrogens with zero attached hydrogens (tertiary/aromatic N) is 2. The van der Waals surface area contributed by atoms with Gasteiger partial charge in [0.2, 0.25) is 0 Å². The number of nitrogens with one attached hydrogen (secondary N) is 2. The standard InChI is InChI=1S/C11H19N5O/c1-7(11(2,3)4)15-10(17)8-5-14-9(16-12)6-13-8/h5-7H,12H2,1-4H3,(H,14,16)(H,15,17). The second kappa shape index (κ2) is 5.09. The Morgan fingerprint density at radius 2 is 2.00 bits per heavy atom. The van der Waals surface area contributed by atoms with Gasteiger partial charge in [-0.25, -0.2) is 15.8 Å². The third kappa shape index (κ3) is 3.67. The first kappa shape index (κ1) is 13.4. The van der Waals surface area contributed by atoms with Crippen LogP contribution in [0.25, 0.3) is 0 Å². The Bertz CT molecular complexity index is 382. The van der Waals surface area contributed by atoms with Crippen molar-refractivity contribution in [2.45, 2.75) is 33.7 Å². The molecule has 6 heteroatoms. The minimum atomic E-state index is -0.233. The SMILES string of the molecule is CC(NC(=O)c1cnc(NN)cn1)C(C)(C)C. The first-order valence-electron chi connectivity index (χ1n) is 5.44. The Balaban J connectivity index is 2.70.